The number of benzene rings is 1. The largest absolute Gasteiger partial charge is 0.479 e. The molecule has 0 bridgehead atoms. The molecule has 1 aromatic carbocycles. The Morgan fingerprint density at radius 3 is 2.71 bits per heavy atom. The molecule has 0 saturated carbocycles. The van der Waals surface area contributed by atoms with Gasteiger partial charge in [-0.25, -0.2) is 9.59 Å². The molecule has 0 aliphatic heterocycles. The summed E-state index contributed by atoms with van der Waals surface area (Å²) in [5.41, 5.74) is 2.66. The van der Waals surface area contributed by atoms with Gasteiger partial charge in [0.15, 0.2) is 17.2 Å². The number of aromatic carboxylic acids is 1. The summed E-state index contributed by atoms with van der Waals surface area (Å²) < 4.78 is 5.61. The van der Waals surface area contributed by atoms with Crippen LogP contribution in [0.1, 0.15) is 15.2 Å². The minimum Gasteiger partial charge on any atom is -0.479 e. The second kappa shape index (κ2) is 8.85. The van der Waals surface area contributed by atoms with Crippen LogP contribution in [0.15, 0.2) is 53.3 Å². The smallest absolute Gasteiger partial charge is 0.349 e. The normalized spacial score (nSPS) is 10.5. The Morgan fingerprint density at radius 2 is 2.04 bits per heavy atom. The summed E-state index contributed by atoms with van der Waals surface area (Å²) in [6.07, 6.45) is 3.49. The predicted molar refractivity (Wildman–Crippen MR) is 109 cm³/mol. The van der Waals surface area contributed by atoms with Crippen LogP contribution in [-0.2, 0) is 11.3 Å². The maximum Gasteiger partial charge on any atom is 0.349 e. The number of carbonyl (C=O) groups is 2. The van der Waals surface area contributed by atoms with Gasteiger partial charge in [-0.2, -0.15) is 0 Å². The van der Waals surface area contributed by atoms with E-state index in [9.17, 15) is 14.7 Å². The molecule has 3 N–H and O–H groups in total. The summed E-state index contributed by atoms with van der Waals surface area (Å²) >= 11 is 4.38. The average Bonchev–Trinajstić information content (AvgIpc) is 3.02. The van der Waals surface area contributed by atoms with E-state index in [1.807, 2.05) is 36.4 Å². The number of aliphatic carboxylic acids is 1. The number of nitrogens with one attached hydrogen (secondary N) is 1. The van der Waals surface area contributed by atoms with E-state index in [1.165, 1.54) is 0 Å². The van der Waals surface area contributed by atoms with Crippen molar-refractivity contribution in [2.45, 2.75) is 6.54 Å². The number of ether oxygens (including phenoxy) is 1. The molecule has 144 valence electrons. The van der Waals surface area contributed by atoms with E-state index in [0.29, 0.717) is 15.9 Å². The first kappa shape index (κ1) is 19.8. The monoisotopic (exact) mass is 462 g/mol. The van der Waals surface area contributed by atoms with Crippen molar-refractivity contribution < 1.29 is 24.5 Å². The third-order valence-electron chi connectivity index (χ3n) is 3.69. The molecule has 2 aromatic heterocycles. The first-order chi connectivity index (χ1) is 13.5. The highest BCUT2D eigenvalue weighted by Crippen LogP contribution is 2.46. The number of halogens is 1. The van der Waals surface area contributed by atoms with Crippen molar-refractivity contribution in [3.8, 4) is 16.2 Å². The summed E-state index contributed by atoms with van der Waals surface area (Å²) in [6, 6.07) is 11.3. The highest BCUT2D eigenvalue weighted by molar-refractivity contribution is 9.10. The molecule has 0 saturated heterocycles. The summed E-state index contributed by atoms with van der Waals surface area (Å²) in [7, 11) is 0. The van der Waals surface area contributed by atoms with Crippen LogP contribution in [0.4, 0.5) is 5.69 Å². The molecule has 0 aliphatic rings. The Balaban J connectivity index is 1.87. The number of carboxylic acids is 2. The van der Waals surface area contributed by atoms with Crippen LogP contribution in [0, 0.1) is 0 Å². The summed E-state index contributed by atoms with van der Waals surface area (Å²) in [5, 5.41) is 21.5. The van der Waals surface area contributed by atoms with Gasteiger partial charge in [0.05, 0.1) is 9.35 Å². The molecule has 3 rings (SSSR count). The summed E-state index contributed by atoms with van der Waals surface area (Å²) in [6.45, 7) is -0.0298. The number of pyridine rings is 1. The molecule has 0 aliphatic carbocycles. The first-order valence-electron chi connectivity index (χ1n) is 8.09. The van der Waals surface area contributed by atoms with Gasteiger partial charge >= 0.3 is 11.9 Å². The van der Waals surface area contributed by atoms with E-state index in [2.05, 4.69) is 26.2 Å². The van der Waals surface area contributed by atoms with Crippen LogP contribution in [0.3, 0.4) is 0 Å². The van der Waals surface area contributed by atoms with Crippen LogP contribution < -0.4 is 10.1 Å². The van der Waals surface area contributed by atoms with E-state index in [1.54, 1.807) is 12.4 Å². The zero-order chi connectivity index (χ0) is 20.1. The van der Waals surface area contributed by atoms with E-state index in [4.69, 9.17) is 9.84 Å². The third kappa shape index (κ3) is 4.68. The number of nitrogens with zero attached hydrogens (tertiary/aromatic N) is 1. The van der Waals surface area contributed by atoms with Gasteiger partial charge in [0, 0.05) is 24.6 Å². The van der Waals surface area contributed by atoms with Crippen molar-refractivity contribution in [1.29, 1.82) is 0 Å². The topological polar surface area (TPSA) is 109 Å². The van der Waals surface area contributed by atoms with Gasteiger partial charge in [-0.15, -0.1) is 11.3 Å². The molecule has 0 atom stereocenters. The fourth-order valence-corrected chi connectivity index (χ4v) is 4.35. The van der Waals surface area contributed by atoms with Gasteiger partial charge in [-0.05, 0) is 45.3 Å². The lowest BCUT2D eigenvalue weighted by atomic mass is 10.1. The SMILES string of the molecule is O=C(O)COc1c(C(=O)O)sc(-c2cccc(NCc3cccnc3)c2)c1Br. The maximum atomic E-state index is 11.5. The van der Waals surface area contributed by atoms with Crippen molar-refractivity contribution in [3.63, 3.8) is 0 Å². The zero-order valence-electron chi connectivity index (χ0n) is 14.4. The molecule has 0 radical (unpaired) electrons. The molecule has 0 spiro atoms. The number of thiophene rings is 1. The number of hydrogen-bond donors (Lipinski definition) is 3. The van der Waals surface area contributed by atoms with Crippen LogP contribution in [0.25, 0.3) is 10.4 Å². The highest BCUT2D eigenvalue weighted by atomic mass is 79.9. The van der Waals surface area contributed by atoms with Crippen molar-refractivity contribution in [3.05, 3.63) is 63.7 Å². The number of anilines is 1. The molecule has 0 unspecified atom stereocenters. The molecule has 9 heteroatoms. The number of aromatic nitrogens is 1. The Labute approximate surface area is 172 Å². The lowest BCUT2D eigenvalue weighted by molar-refractivity contribution is -0.139. The van der Waals surface area contributed by atoms with Crippen molar-refractivity contribution in [1.82, 2.24) is 4.98 Å². The minimum atomic E-state index is -1.18. The van der Waals surface area contributed by atoms with Crippen LogP contribution in [-0.4, -0.2) is 33.7 Å². The van der Waals surface area contributed by atoms with Gasteiger partial charge in [0.25, 0.3) is 0 Å². The quantitative estimate of drug-likeness (QED) is 0.456. The zero-order valence-corrected chi connectivity index (χ0v) is 16.8. The Kier molecular flexibility index (Phi) is 6.27. The second-order valence-electron chi connectivity index (χ2n) is 5.69. The Hall–Kier alpha value is -2.91. The minimum absolute atomic E-state index is 0.0172. The number of carboxylic acid groups (broad SMARTS) is 2. The van der Waals surface area contributed by atoms with Crippen molar-refractivity contribution >= 4 is 44.9 Å². The van der Waals surface area contributed by atoms with E-state index in [-0.39, 0.29) is 10.6 Å². The van der Waals surface area contributed by atoms with Crippen LogP contribution >= 0.6 is 27.3 Å². The standard InChI is InChI=1S/C19H15BrN2O5S/c20-15-16(27-10-14(23)24)18(19(25)26)28-17(15)12-4-1-5-13(7-12)22-9-11-3-2-6-21-8-11/h1-8,22H,9-10H2,(H,23,24)(H,25,26). The molecule has 2 heterocycles. The third-order valence-corrected chi connectivity index (χ3v) is 5.91. The van der Waals surface area contributed by atoms with E-state index < -0.39 is 18.5 Å². The van der Waals surface area contributed by atoms with Gasteiger partial charge in [0.1, 0.15) is 0 Å². The van der Waals surface area contributed by atoms with Crippen LogP contribution in [0.5, 0.6) is 5.75 Å². The molecule has 3 aromatic rings. The molecule has 7 nitrogen and oxygen atoms in total. The molecule has 0 fully saturated rings. The second-order valence-corrected chi connectivity index (χ2v) is 7.50. The molecule has 28 heavy (non-hydrogen) atoms. The average molecular weight is 463 g/mol. The summed E-state index contributed by atoms with van der Waals surface area (Å²) in [4.78, 5) is 27.0. The molecular weight excluding hydrogens is 448 g/mol. The lowest BCUT2D eigenvalue weighted by Crippen LogP contribution is -2.11. The van der Waals surface area contributed by atoms with Crippen molar-refractivity contribution in [2.24, 2.45) is 0 Å². The van der Waals surface area contributed by atoms with Crippen LogP contribution in [0.2, 0.25) is 0 Å². The maximum absolute atomic E-state index is 11.5. The number of hydrogen-bond acceptors (Lipinski definition) is 6. The highest BCUT2D eigenvalue weighted by Gasteiger charge is 2.24. The number of rotatable bonds is 8. The van der Waals surface area contributed by atoms with Gasteiger partial charge < -0.3 is 20.3 Å². The van der Waals surface area contributed by atoms with E-state index in [0.717, 1.165) is 28.2 Å². The van der Waals surface area contributed by atoms with Gasteiger partial charge in [-0.1, -0.05) is 18.2 Å². The summed E-state index contributed by atoms with van der Waals surface area (Å²) in [5.74, 6) is -2.34. The Morgan fingerprint density at radius 1 is 1.21 bits per heavy atom. The fraction of sp³-hybridized carbons (Fsp3) is 0.105. The van der Waals surface area contributed by atoms with Gasteiger partial charge in [-0.3, -0.25) is 4.98 Å². The van der Waals surface area contributed by atoms with Gasteiger partial charge in [0.2, 0.25) is 0 Å². The fourth-order valence-electron chi connectivity index (χ4n) is 2.46. The van der Waals surface area contributed by atoms with E-state index >= 15 is 0 Å². The predicted octanol–water partition coefficient (Wildman–Crippen LogP) is 4.35. The Bertz CT molecular complexity index is 1010. The first-order valence-corrected chi connectivity index (χ1v) is 9.70. The lowest BCUT2D eigenvalue weighted by Gasteiger charge is -2.08. The molecular formula is C19H15BrN2O5S. The van der Waals surface area contributed by atoms with Crippen molar-refractivity contribution in [2.75, 3.05) is 11.9 Å². The molecule has 0 amide bonds.